The SMILES string of the molecule is [2H]C([2H])([2H])N[C@@H](CC1CCCC1)C(=O)N1CC2(CC1C(N)=O)C(=O)Nc1ncccc12. The number of likely N-dealkylation sites (N-methyl/N-ethyl adjacent to an activating group) is 1. The number of pyridine rings is 1. The minimum absolute atomic E-state index is 0.0442. The Hall–Kier alpha value is -2.48. The molecule has 4 rings (SSSR count). The van der Waals surface area contributed by atoms with Crippen molar-refractivity contribution in [2.24, 2.45) is 11.7 Å². The van der Waals surface area contributed by atoms with Crippen LogP contribution in [0, 0.1) is 5.92 Å². The molecule has 0 bridgehead atoms. The van der Waals surface area contributed by atoms with Crippen molar-refractivity contribution in [1.29, 1.82) is 0 Å². The number of aromatic nitrogens is 1. The first-order valence-electron chi connectivity index (χ1n) is 11.3. The summed E-state index contributed by atoms with van der Waals surface area (Å²) in [6.07, 6.45) is 5.97. The van der Waals surface area contributed by atoms with E-state index in [4.69, 9.17) is 9.85 Å². The van der Waals surface area contributed by atoms with Crippen molar-refractivity contribution in [3.05, 3.63) is 23.9 Å². The van der Waals surface area contributed by atoms with Crippen LogP contribution in [0.2, 0.25) is 0 Å². The van der Waals surface area contributed by atoms with Crippen molar-refractivity contribution in [3.8, 4) is 0 Å². The summed E-state index contributed by atoms with van der Waals surface area (Å²) < 4.78 is 22.8. The van der Waals surface area contributed by atoms with E-state index in [1.165, 1.54) is 4.90 Å². The van der Waals surface area contributed by atoms with Gasteiger partial charge in [0, 0.05) is 22.4 Å². The molecule has 2 unspecified atom stereocenters. The Bertz CT molecular complexity index is 902. The van der Waals surface area contributed by atoms with Crippen LogP contribution in [0.5, 0.6) is 0 Å². The van der Waals surface area contributed by atoms with Gasteiger partial charge in [-0.25, -0.2) is 4.98 Å². The number of anilines is 1. The molecule has 2 aliphatic heterocycles. The summed E-state index contributed by atoms with van der Waals surface area (Å²) in [6, 6.07) is 1.46. The quantitative estimate of drug-likeness (QED) is 0.680. The molecule has 8 heteroatoms. The summed E-state index contributed by atoms with van der Waals surface area (Å²) >= 11 is 0. The zero-order chi connectivity index (χ0) is 22.4. The van der Waals surface area contributed by atoms with Crippen LogP contribution >= 0.6 is 0 Å². The maximum absolute atomic E-state index is 13.5. The minimum atomic E-state index is -2.51. The molecule has 28 heavy (non-hydrogen) atoms. The molecular weight excluding hydrogens is 358 g/mol. The molecule has 0 aromatic carbocycles. The van der Waals surface area contributed by atoms with Gasteiger partial charge in [-0.05, 0) is 31.8 Å². The molecule has 3 heterocycles. The minimum Gasteiger partial charge on any atom is -0.368 e. The third kappa shape index (κ3) is 2.96. The third-order valence-electron chi connectivity index (χ3n) is 6.48. The van der Waals surface area contributed by atoms with Gasteiger partial charge < -0.3 is 21.3 Å². The lowest BCUT2D eigenvalue weighted by atomic mass is 9.80. The molecule has 2 fully saturated rings. The molecule has 1 aromatic rings. The van der Waals surface area contributed by atoms with Crippen molar-refractivity contribution in [2.75, 3.05) is 18.8 Å². The fourth-order valence-electron chi connectivity index (χ4n) is 4.99. The molecule has 1 spiro atoms. The van der Waals surface area contributed by atoms with Gasteiger partial charge in [-0.3, -0.25) is 14.4 Å². The topological polar surface area (TPSA) is 117 Å². The molecule has 1 aliphatic carbocycles. The molecule has 150 valence electrons. The number of hydrogen-bond acceptors (Lipinski definition) is 5. The van der Waals surface area contributed by atoms with Gasteiger partial charge in [0.1, 0.15) is 11.9 Å². The molecule has 1 aromatic heterocycles. The van der Waals surface area contributed by atoms with Gasteiger partial charge in [0.05, 0.1) is 11.5 Å². The predicted octanol–water partition coefficient (Wildman–Crippen LogP) is 0.526. The Kier molecular flexibility index (Phi) is 3.95. The summed E-state index contributed by atoms with van der Waals surface area (Å²) in [4.78, 5) is 44.2. The molecule has 8 nitrogen and oxygen atoms in total. The van der Waals surface area contributed by atoms with Gasteiger partial charge in [-0.15, -0.1) is 0 Å². The molecule has 0 radical (unpaired) electrons. The number of nitrogens with one attached hydrogen (secondary N) is 2. The predicted molar refractivity (Wildman–Crippen MR) is 103 cm³/mol. The molecular formula is C20H27N5O3. The molecule has 3 atom stereocenters. The average Bonchev–Trinajstić information content (AvgIpc) is 3.40. The van der Waals surface area contributed by atoms with Crippen LogP contribution in [0.3, 0.4) is 0 Å². The first-order chi connectivity index (χ1) is 14.6. The smallest absolute Gasteiger partial charge is 0.240 e. The molecule has 1 saturated heterocycles. The largest absolute Gasteiger partial charge is 0.368 e. The highest BCUT2D eigenvalue weighted by Crippen LogP contribution is 2.45. The van der Waals surface area contributed by atoms with E-state index < -0.39 is 36.3 Å². The fourth-order valence-corrected chi connectivity index (χ4v) is 4.99. The first-order valence-corrected chi connectivity index (χ1v) is 9.75. The number of amides is 3. The second-order valence-corrected chi connectivity index (χ2v) is 8.11. The van der Waals surface area contributed by atoms with Gasteiger partial charge in [0.2, 0.25) is 17.7 Å². The normalized spacial score (nSPS) is 29.9. The zero-order valence-corrected chi connectivity index (χ0v) is 15.6. The fraction of sp³-hybridized carbons (Fsp3) is 0.600. The lowest BCUT2D eigenvalue weighted by Gasteiger charge is -2.29. The number of primary amides is 1. The van der Waals surface area contributed by atoms with Crippen LogP contribution in [-0.4, -0.2) is 53.2 Å². The molecule has 4 N–H and O–H groups in total. The van der Waals surface area contributed by atoms with Crippen molar-refractivity contribution in [2.45, 2.75) is 56.0 Å². The number of likely N-dealkylation sites (tertiary alicyclic amines) is 1. The lowest BCUT2D eigenvalue weighted by Crippen LogP contribution is -2.51. The number of hydrogen-bond donors (Lipinski definition) is 3. The van der Waals surface area contributed by atoms with Crippen LogP contribution in [-0.2, 0) is 19.8 Å². The monoisotopic (exact) mass is 388 g/mol. The van der Waals surface area contributed by atoms with Gasteiger partial charge in [0.25, 0.3) is 0 Å². The van der Waals surface area contributed by atoms with E-state index in [1.54, 1.807) is 18.3 Å². The number of nitrogens with two attached hydrogens (primary N) is 1. The molecule has 3 aliphatic rings. The van der Waals surface area contributed by atoms with E-state index in [-0.39, 0.29) is 24.8 Å². The van der Waals surface area contributed by atoms with Crippen molar-refractivity contribution < 1.29 is 18.5 Å². The van der Waals surface area contributed by atoms with E-state index >= 15 is 0 Å². The van der Waals surface area contributed by atoms with E-state index in [2.05, 4.69) is 15.6 Å². The Balaban J connectivity index is 1.65. The van der Waals surface area contributed by atoms with Gasteiger partial charge in [-0.2, -0.15) is 0 Å². The number of fused-ring (bicyclic) bond motifs is 2. The van der Waals surface area contributed by atoms with Gasteiger partial charge in [-0.1, -0.05) is 31.7 Å². The Morgan fingerprint density at radius 2 is 2.29 bits per heavy atom. The van der Waals surface area contributed by atoms with Gasteiger partial charge in [0.15, 0.2) is 0 Å². The van der Waals surface area contributed by atoms with Gasteiger partial charge >= 0.3 is 0 Å². The summed E-state index contributed by atoms with van der Waals surface area (Å²) in [6.45, 7) is -2.56. The number of nitrogens with zero attached hydrogens (tertiary/aromatic N) is 2. The van der Waals surface area contributed by atoms with Crippen molar-refractivity contribution >= 4 is 23.5 Å². The first kappa shape index (κ1) is 15.4. The maximum Gasteiger partial charge on any atom is 0.240 e. The number of carbonyl (C=O) groups is 3. The van der Waals surface area contributed by atoms with Crippen LogP contribution in [0.25, 0.3) is 0 Å². The van der Waals surface area contributed by atoms with E-state index in [1.807, 2.05) is 0 Å². The average molecular weight is 388 g/mol. The zero-order valence-electron chi connectivity index (χ0n) is 18.6. The Morgan fingerprint density at radius 3 is 3.00 bits per heavy atom. The highest BCUT2D eigenvalue weighted by molar-refractivity contribution is 6.07. The second kappa shape index (κ2) is 7.16. The Morgan fingerprint density at radius 1 is 1.50 bits per heavy atom. The van der Waals surface area contributed by atoms with E-state index in [9.17, 15) is 14.4 Å². The highest BCUT2D eigenvalue weighted by atomic mass is 16.2. The molecule has 3 amide bonds. The van der Waals surface area contributed by atoms with E-state index in [0.29, 0.717) is 17.8 Å². The second-order valence-electron chi connectivity index (χ2n) is 8.11. The van der Waals surface area contributed by atoms with Crippen LogP contribution in [0.15, 0.2) is 18.3 Å². The lowest BCUT2D eigenvalue weighted by molar-refractivity contribution is -0.139. The van der Waals surface area contributed by atoms with Crippen LogP contribution < -0.4 is 16.4 Å². The highest BCUT2D eigenvalue weighted by Gasteiger charge is 2.58. The summed E-state index contributed by atoms with van der Waals surface area (Å²) in [5.41, 5.74) is 5.12. The summed E-state index contributed by atoms with van der Waals surface area (Å²) in [5.74, 6) is -0.906. The molecule has 1 saturated carbocycles. The van der Waals surface area contributed by atoms with Crippen molar-refractivity contribution in [3.63, 3.8) is 0 Å². The van der Waals surface area contributed by atoms with Crippen LogP contribution in [0.1, 0.15) is 48.2 Å². The third-order valence-corrected chi connectivity index (χ3v) is 6.48. The van der Waals surface area contributed by atoms with Crippen molar-refractivity contribution in [1.82, 2.24) is 15.2 Å². The van der Waals surface area contributed by atoms with E-state index in [0.717, 1.165) is 25.7 Å². The summed E-state index contributed by atoms with van der Waals surface area (Å²) in [5, 5.41) is 5.20. The standard InChI is InChI=1S/C20H27N5O3/c1-22-14(9-12-5-2-3-6-12)18(27)25-11-20(10-15(25)16(21)26)13-7-4-8-23-17(13)24-19(20)28/h4,7-8,12,14-15,22H,2-3,5-6,9-11H2,1H3,(H2,21,26)(H,23,24,28)/t14-,15?,20?/m0/s1/i1D3. The maximum atomic E-state index is 13.5. The van der Waals surface area contributed by atoms with Crippen LogP contribution in [0.4, 0.5) is 5.82 Å². The summed E-state index contributed by atoms with van der Waals surface area (Å²) in [7, 11) is 0. The number of carbonyl (C=O) groups excluding carboxylic acids is 3. The number of rotatable bonds is 5. The Labute approximate surface area is 168 Å².